The van der Waals surface area contributed by atoms with E-state index in [1.807, 2.05) is 0 Å². The van der Waals surface area contributed by atoms with Gasteiger partial charge in [0.05, 0.1) is 24.5 Å². The Bertz CT molecular complexity index is 1260. The van der Waals surface area contributed by atoms with Crippen LogP contribution in [0.25, 0.3) is 0 Å². The van der Waals surface area contributed by atoms with Crippen LogP contribution in [-0.4, -0.2) is 87.6 Å². The summed E-state index contributed by atoms with van der Waals surface area (Å²) in [5.74, 6) is -3.57. The molecule has 0 saturated carbocycles. The number of amides is 2. The molecule has 0 aliphatic carbocycles. The first kappa shape index (κ1) is 26.3. The summed E-state index contributed by atoms with van der Waals surface area (Å²) in [5, 5.41) is 27.4. The van der Waals surface area contributed by atoms with E-state index in [-0.39, 0.29) is 37.4 Å². The lowest BCUT2D eigenvalue weighted by atomic mass is 10.0. The number of benzene rings is 1. The van der Waals surface area contributed by atoms with Crippen molar-refractivity contribution in [3.8, 4) is 6.07 Å². The molecule has 2 aromatic rings. The minimum Gasteiger partial charge on any atom is -0.361 e. The van der Waals surface area contributed by atoms with Gasteiger partial charge in [0.2, 0.25) is 0 Å². The fourth-order valence-corrected chi connectivity index (χ4v) is 4.27. The number of aliphatic hydroxyl groups is 1. The number of carbonyl (C=O) groups excluding carboxylic acids is 2. The number of aliphatic hydroxyl groups excluding tert-OH is 1. The number of nitriles is 1. The Morgan fingerprint density at radius 3 is 2.81 bits per heavy atom. The molecule has 2 amide bonds. The van der Waals surface area contributed by atoms with E-state index in [0.717, 1.165) is 22.1 Å². The molecule has 4 rings (SSSR count). The van der Waals surface area contributed by atoms with Gasteiger partial charge in [0, 0.05) is 39.2 Å². The number of likely N-dealkylation sites (N-methyl/N-ethyl adjacent to an activating group) is 1. The number of hydrogen-bond donors (Lipinski definition) is 2. The van der Waals surface area contributed by atoms with Crippen molar-refractivity contribution in [2.24, 2.45) is 0 Å². The highest BCUT2D eigenvalue weighted by atomic mass is 19.3. The first-order valence-corrected chi connectivity index (χ1v) is 11.1. The van der Waals surface area contributed by atoms with Gasteiger partial charge in [0.25, 0.3) is 18.2 Å². The van der Waals surface area contributed by atoms with E-state index in [4.69, 9.17) is 10.1 Å². The Labute approximate surface area is 208 Å². The van der Waals surface area contributed by atoms with Crippen molar-refractivity contribution >= 4 is 17.5 Å². The number of alkyl halides is 2. The second-order valence-corrected chi connectivity index (χ2v) is 8.60. The fourth-order valence-electron chi connectivity index (χ4n) is 4.27. The molecule has 0 radical (unpaired) electrons. The molecule has 2 aliphatic heterocycles. The monoisotopic (exact) mass is 525 g/mol. The van der Waals surface area contributed by atoms with Crippen LogP contribution in [0.1, 0.15) is 27.3 Å². The number of rotatable bonds is 6. The zero-order valence-corrected chi connectivity index (χ0v) is 19.8. The van der Waals surface area contributed by atoms with Crippen molar-refractivity contribution in [2.75, 3.05) is 32.5 Å². The maximum Gasteiger partial charge on any atom is 0.295 e. The molecule has 0 saturated heterocycles. The van der Waals surface area contributed by atoms with Gasteiger partial charge in [-0.15, -0.1) is 0 Å². The summed E-state index contributed by atoms with van der Waals surface area (Å²) in [6.07, 6.45) is -5.21. The van der Waals surface area contributed by atoms with E-state index >= 15 is 0 Å². The first-order valence-electron chi connectivity index (χ1n) is 11.1. The van der Waals surface area contributed by atoms with E-state index in [2.05, 4.69) is 10.4 Å². The van der Waals surface area contributed by atoms with Crippen LogP contribution >= 0.6 is 0 Å². The maximum atomic E-state index is 14.4. The predicted octanol–water partition coefficient (Wildman–Crippen LogP) is 0.888. The third-order valence-corrected chi connectivity index (χ3v) is 6.14. The molecule has 1 aromatic carbocycles. The third kappa shape index (κ3) is 5.08. The van der Waals surface area contributed by atoms with Crippen molar-refractivity contribution < 1.29 is 37.1 Å². The molecule has 0 bridgehead atoms. The summed E-state index contributed by atoms with van der Waals surface area (Å²) in [7, 11) is 2.49. The number of nitrogens with zero attached hydrogens (tertiary/aromatic N) is 6. The van der Waals surface area contributed by atoms with Crippen LogP contribution in [0.15, 0.2) is 12.1 Å². The SMILES string of the molecule is CN(CC(F)F)C(=O)C1Cn2nc3c(c2C(=O)N(C)O1)CN(C(O)Nc1ccc(F)c(C#N)c1F)CC3. The van der Waals surface area contributed by atoms with Crippen molar-refractivity contribution in [3.05, 3.63) is 46.3 Å². The lowest BCUT2D eigenvalue weighted by Gasteiger charge is -2.32. The minimum atomic E-state index is -2.74. The topological polar surface area (TPSA) is 127 Å². The molecule has 3 heterocycles. The highest BCUT2D eigenvalue weighted by molar-refractivity contribution is 5.94. The second kappa shape index (κ2) is 10.3. The number of anilines is 1. The maximum absolute atomic E-state index is 14.4. The molecule has 198 valence electrons. The Morgan fingerprint density at radius 2 is 2.14 bits per heavy atom. The van der Waals surface area contributed by atoms with E-state index < -0.39 is 54.4 Å². The molecule has 2 atom stereocenters. The van der Waals surface area contributed by atoms with Crippen molar-refractivity contribution in [2.45, 2.75) is 38.4 Å². The molecule has 15 heteroatoms. The summed E-state index contributed by atoms with van der Waals surface area (Å²) >= 11 is 0. The van der Waals surface area contributed by atoms with Gasteiger partial charge in [-0.25, -0.2) is 22.6 Å². The van der Waals surface area contributed by atoms with Gasteiger partial charge >= 0.3 is 0 Å². The van der Waals surface area contributed by atoms with Crippen LogP contribution in [0.2, 0.25) is 0 Å². The Morgan fingerprint density at radius 1 is 1.41 bits per heavy atom. The first-order chi connectivity index (χ1) is 17.5. The number of hydroxylamine groups is 2. The molecule has 2 N–H and O–H groups in total. The number of halogens is 4. The summed E-state index contributed by atoms with van der Waals surface area (Å²) in [6.45, 7) is -0.770. The quantitative estimate of drug-likeness (QED) is 0.421. The number of hydrogen-bond acceptors (Lipinski definition) is 8. The lowest BCUT2D eigenvalue weighted by Crippen LogP contribution is -2.45. The highest BCUT2D eigenvalue weighted by Gasteiger charge is 2.38. The van der Waals surface area contributed by atoms with Gasteiger partial charge < -0.3 is 15.3 Å². The summed E-state index contributed by atoms with van der Waals surface area (Å²) < 4.78 is 54.8. The van der Waals surface area contributed by atoms with Crippen molar-refractivity contribution in [1.29, 1.82) is 5.26 Å². The van der Waals surface area contributed by atoms with Crippen molar-refractivity contribution in [1.82, 2.24) is 24.6 Å². The number of nitrogens with one attached hydrogen (secondary N) is 1. The molecule has 2 aliphatic rings. The minimum absolute atomic E-state index is 0.00374. The van der Waals surface area contributed by atoms with Crippen LogP contribution < -0.4 is 5.32 Å². The molecule has 1 aromatic heterocycles. The van der Waals surface area contributed by atoms with Gasteiger partial charge in [0.15, 0.2) is 18.3 Å². The van der Waals surface area contributed by atoms with Gasteiger partial charge in [-0.1, -0.05) is 0 Å². The molecular weight excluding hydrogens is 502 g/mol. The van der Waals surface area contributed by atoms with Gasteiger partial charge in [-0.05, 0) is 12.1 Å². The van der Waals surface area contributed by atoms with Crippen LogP contribution in [0.4, 0.5) is 23.2 Å². The second-order valence-electron chi connectivity index (χ2n) is 8.60. The smallest absolute Gasteiger partial charge is 0.295 e. The zero-order valence-electron chi connectivity index (χ0n) is 19.8. The third-order valence-electron chi connectivity index (χ3n) is 6.14. The molecule has 37 heavy (non-hydrogen) atoms. The zero-order chi connectivity index (χ0) is 27.0. The Kier molecular flexibility index (Phi) is 7.35. The van der Waals surface area contributed by atoms with Crippen LogP contribution in [0, 0.1) is 23.0 Å². The normalized spacial score (nSPS) is 18.6. The van der Waals surface area contributed by atoms with E-state index in [1.165, 1.54) is 29.7 Å². The number of aromatic nitrogens is 2. The summed E-state index contributed by atoms with van der Waals surface area (Å²) in [4.78, 5) is 33.5. The summed E-state index contributed by atoms with van der Waals surface area (Å²) in [5.41, 5.74) is -0.00522. The summed E-state index contributed by atoms with van der Waals surface area (Å²) in [6, 6.07) is 3.37. The Balaban J connectivity index is 1.56. The molecule has 11 nitrogen and oxygen atoms in total. The molecular formula is C22H23F4N7O4. The average Bonchev–Trinajstić information content (AvgIpc) is 3.15. The lowest BCUT2D eigenvalue weighted by molar-refractivity contribution is -0.177. The van der Waals surface area contributed by atoms with Gasteiger partial charge in [-0.2, -0.15) is 10.4 Å². The molecule has 0 fully saturated rings. The fraction of sp³-hybridized carbons (Fsp3) is 0.455. The van der Waals surface area contributed by atoms with Crippen LogP contribution in [0.3, 0.4) is 0 Å². The Hall–Kier alpha value is -3.74. The van der Waals surface area contributed by atoms with Gasteiger partial charge in [-0.3, -0.25) is 24.0 Å². The highest BCUT2D eigenvalue weighted by Crippen LogP contribution is 2.28. The molecule has 2 unspecified atom stereocenters. The number of carbonyl (C=O) groups is 2. The van der Waals surface area contributed by atoms with E-state index in [0.29, 0.717) is 11.3 Å². The van der Waals surface area contributed by atoms with E-state index in [1.54, 1.807) is 0 Å². The average molecular weight is 525 g/mol. The van der Waals surface area contributed by atoms with Crippen LogP contribution in [0.5, 0.6) is 0 Å². The van der Waals surface area contributed by atoms with E-state index in [9.17, 15) is 32.3 Å². The van der Waals surface area contributed by atoms with Crippen LogP contribution in [-0.2, 0) is 29.1 Å². The number of fused-ring (bicyclic) bond motifs is 3. The van der Waals surface area contributed by atoms with Crippen molar-refractivity contribution in [3.63, 3.8) is 0 Å². The standard InChI is InChI=1S/C22H23F4N7O4/c1-30(10-17(24)25)20(34)16-9-33-19(21(35)31(2)37-16)12-8-32(6-5-14(12)29-33)22(36)28-15-4-3-13(23)11(7-27)18(15)26/h3-4,16-17,22,28,36H,5-6,8-10H2,1-2H3. The van der Waals surface area contributed by atoms with Gasteiger partial charge in [0.1, 0.15) is 23.1 Å². The largest absolute Gasteiger partial charge is 0.361 e. The predicted molar refractivity (Wildman–Crippen MR) is 118 cm³/mol. The molecule has 0 spiro atoms.